The molecule has 3 rings (SSSR count). The first kappa shape index (κ1) is 17.8. The molecule has 25 heavy (non-hydrogen) atoms. The Labute approximate surface area is 149 Å². The van der Waals surface area contributed by atoms with Gasteiger partial charge in [-0.2, -0.15) is 4.31 Å². The minimum atomic E-state index is -3.79. The fourth-order valence-electron chi connectivity index (χ4n) is 2.51. The standard InChI is InChI=1S/C15H15ClFN3O4S/c1-23-13-3-2-10(16)6-14(13)25(21,22)20-5-4-12(9-20)24-15-18-7-11(17)8-19-15/h2-3,6-8,12H,4-5,9H2,1H3/t12-/m0/s1. The fraction of sp³-hybridized carbons (Fsp3) is 0.333. The fourth-order valence-corrected chi connectivity index (χ4v) is 4.42. The second-order valence-corrected chi connectivity index (χ2v) is 7.71. The smallest absolute Gasteiger partial charge is 0.316 e. The summed E-state index contributed by atoms with van der Waals surface area (Å²) in [5.41, 5.74) is 0. The van der Waals surface area contributed by atoms with E-state index in [1.165, 1.54) is 23.5 Å². The molecule has 1 saturated heterocycles. The highest BCUT2D eigenvalue weighted by molar-refractivity contribution is 7.89. The van der Waals surface area contributed by atoms with Crippen molar-refractivity contribution in [1.29, 1.82) is 0 Å². The lowest BCUT2D eigenvalue weighted by Crippen LogP contribution is -2.31. The molecule has 0 spiro atoms. The van der Waals surface area contributed by atoms with E-state index in [0.717, 1.165) is 12.4 Å². The number of halogens is 2. The molecule has 7 nitrogen and oxygen atoms in total. The van der Waals surface area contributed by atoms with E-state index in [2.05, 4.69) is 9.97 Å². The molecule has 0 amide bonds. The van der Waals surface area contributed by atoms with Crippen molar-refractivity contribution in [3.8, 4) is 11.8 Å². The van der Waals surface area contributed by atoms with Crippen molar-refractivity contribution in [2.24, 2.45) is 0 Å². The maximum Gasteiger partial charge on any atom is 0.316 e. The zero-order valence-electron chi connectivity index (χ0n) is 13.2. The molecule has 1 aromatic heterocycles. The lowest BCUT2D eigenvalue weighted by Gasteiger charge is -2.18. The van der Waals surface area contributed by atoms with Crippen molar-refractivity contribution in [3.63, 3.8) is 0 Å². The summed E-state index contributed by atoms with van der Waals surface area (Å²) in [5.74, 6) is -0.355. The van der Waals surface area contributed by atoms with Crippen LogP contribution in [0.2, 0.25) is 5.02 Å². The van der Waals surface area contributed by atoms with Crippen LogP contribution < -0.4 is 9.47 Å². The summed E-state index contributed by atoms with van der Waals surface area (Å²) in [4.78, 5) is 7.43. The second kappa shape index (κ2) is 7.11. The van der Waals surface area contributed by atoms with Crippen LogP contribution in [-0.4, -0.2) is 49.0 Å². The van der Waals surface area contributed by atoms with E-state index in [9.17, 15) is 12.8 Å². The molecule has 1 aromatic carbocycles. The lowest BCUT2D eigenvalue weighted by molar-refractivity contribution is 0.197. The maximum absolute atomic E-state index is 12.9. The normalized spacial score (nSPS) is 18.3. The van der Waals surface area contributed by atoms with Crippen LogP contribution in [0.4, 0.5) is 4.39 Å². The third-order valence-electron chi connectivity index (χ3n) is 3.72. The van der Waals surface area contributed by atoms with Gasteiger partial charge in [-0.15, -0.1) is 0 Å². The highest BCUT2D eigenvalue weighted by Gasteiger charge is 2.35. The van der Waals surface area contributed by atoms with E-state index in [1.54, 1.807) is 6.07 Å². The first-order valence-electron chi connectivity index (χ1n) is 7.38. The zero-order chi connectivity index (χ0) is 18.0. The van der Waals surface area contributed by atoms with E-state index in [0.29, 0.717) is 11.4 Å². The molecule has 2 heterocycles. The Morgan fingerprint density at radius 1 is 1.32 bits per heavy atom. The van der Waals surface area contributed by atoms with Crippen LogP contribution >= 0.6 is 11.6 Å². The van der Waals surface area contributed by atoms with Crippen LogP contribution in [0.25, 0.3) is 0 Å². The molecule has 1 aliphatic heterocycles. The number of ether oxygens (including phenoxy) is 2. The molecule has 0 saturated carbocycles. The molecule has 0 radical (unpaired) electrons. The Bertz CT molecular complexity index is 864. The number of aromatic nitrogens is 2. The predicted octanol–water partition coefficient (Wildman–Crippen LogP) is 2.12. The quantitative estimate of drug-likeness (QED) is 0.781. The monoisotopic (exact) mass is 387 g/mol. The Hall–Kier alpha value is -1.97. The van der Waals surface area contributed by atoms with Gasteiger partial charge in [-0.05, 0) is 24.6 Å². The van der Waals surface area contributed by atoms with E-state index < -0.39 is 21.9 Å². The van der Waals surface area contributed by atoms with Crippen LogP contribution in [0.1, 0.15) is 6.42 Å². The minimum absolute atomic E-state index is 0.00109. The summed E-state index contributed by atoms with van der Waals surface area (Å²) in [6.07, 6.45) is 2.01. The van der Waals surface area contributed by atoms with Crippen molar-refractivity contribution < 1.29 is 22.3 Å². The summed E-state index contributed by atoms with van der Waals surface area (Å²) in [6, 6.07) is 4.42. The van der Waals surface area contributed by atoms with Crippen molar-refractivity contribution >= 4 is 21.6 Å². The molecular weight excluding hydrogens is 373 g/mol. The van der Waals surface area contributed by atoms with Crippen LogP contribution in [0.3, 0.4) is 0 Å². The number of methoxy groups -OCH3 is 1. The van der Waals surface area contributed by atoms with Gasteiger partial charge in [0.25, 0.3) is 0 Å². The van der Waals surface area contributed by atoms with Crippen LogP contribution in [0.15, 0.2) is 35.5 Å². The second-order valence-electron chi connectivity index (χ2n) is 5.37. The third kappa shape index (κ3) is 3.83. The average molecular weight is 388 g/mol. The van der Waals surface area contributed by atoms with Gasteiger partial charge in [0, 0.05) is 11.6 Å². The summed E-state index contributed by atoms with van der Waals surface area (Å²) in [6.45, 7) is 0.391. The summed E-state index contributed by atoms with van der Waals surface area (Å²) < 4.78 is 50.5. The SMILES string of the molecule is COc1ccc(Cl)cc1S(=O)(=O)N1CC[C@H](Oc2ncc(F)cn2)C1. The Balaban J connectivity index is 1.76. The van der Waals surface area contributed by atoms with Crippen molar-refractivity contribution in [3.05, 3.63) is 41.4 Å². The predicted molar refractivity (Wildman–Crippen MR) is 87.8 cm³/mol. The van der Waals surface area contributed by atoms with Crippen LogP contribution in [0, 0.1) is 5.82 Å². The topological polar surface area (TPSA) is 81.6 Å². The number of benzene rings is 1. The van der Waals surface area contributed by atoms with E-state index in [-0.39, 0.29) is 29.7 Å². The van der Waals surface area contributed by atoms with Gasteiger partial charge in [-0.3, -0.25) is 0 Å². The molecule has 10 heteroatoms. The van der Waals surface area contributed by atoms with Crippen molar-refractivity contribution in [1.82, 2.24) is 14.3 Å². The highest BCUT2D eigenvalue weighted by atomic mass is 35.5. The summed E-state index contributed by atoms with van der Waals surface area (Å²) >= 11 is 5.92. The van der Waals surface area contributed by atoms with E-state index >= 15 is 0 Å². The van der Waals surface area contributed by atoms with Gasteiger partial charge >= 0.3 is 6.01 Å². The molecule has 1 atom stereocenters. The third-order valence-corrected chi connectivity index (χ3v) is 5.84. The van der Waals surface area contributed by atoms with Crippen molar-refractivity contribution in [2.75, 3.05) is 20.2 Å². The van der Waals surface area contributed by atoms with Crippen LogP contribution in [-0.2, 0) is 10.0 Å². The van der Waals surface area contributed by atoms with Gasteiger partial charge in [0.1, 0.15) is 16.7 Å². The number of rotatable bonds is 5. The first-order chi connectivity index (χ1) is 11.9. The van der Waals surface area contributed by atoms with Gasteiger partial charge in [-0.25, -0.2) is 22.8 Å². The Morgan fingerprint density at radius 3 is 2.72 bits per heavy atom. The Morgan fingerprint density at radius 2 is 2.04 bits per heavy atom. The van der Waals surface area contributed by atoms with Gasteiger partial charge in [-0.1, -0.05) is 11.6 Å². The number of hydrogen-bond donors (Lipinski definition) is 0. The molecule has 134 valence electrons. The maximum atomic E-state index is 12.9. The van der Waals surface area contributed by atoms with Gasteiger partial charge in [0.15, 0.2) is 5.82 Å². The molecule has 0 bridgehead atoms. The first-order valence-corrected chi connectivity index (χ1v) is 9.20. The van der Waals surface area contributed by atoms with Gasteiger partial charge in [0.05, 0.1) is 26.0 Å². The molecule has 0 N–H and O–H groups in total. The number of hydrogen-bond acceptors (Lipinski definition) is 6. The summed E-state index contributed by atoms with van der Waals surface area (Å²) in [7, 11) is -2.40. The zero-order valence-corrected chi connectivity index (χ0v) is 14.8. The Kier molecular flexibility index (Phi) is 5.07. The van der Waals surface area contributed by atoms with E-state index in [1.807, 2.05) is 0 Å². The van der Waals surface area contributed by atoms with Crippen LogP contribution in [0.5, 0.6) is 11.8 Å². The molecule has 1 fully saturated rings. The molecule has 0 unspecified atom stereocenters. The summed E-state index contributed by atoms with van der Waals surface area (Å²) in [5, 5.41) is 0.297. The van der Waals surface area contributed by atoms with Crippen molar-refractivity contribution in [2.45, 2.75) is 17.4 Å². The lowest BCUT2D eigenvalue weighted by atomic mass is 10.3. The number of nitrogens with zero attached hydrogens (tertiary/aromatic N) is 3. The minimum Gasteiger partial charge on any atom is -0.495 e. The highest BCUT2D eigenvalue weighted by Crippen LogP contribution is 2.31. The van der Waals surface area contributed by atoms with E-state index in [4.69, 9.17) is 21.1 Å². The molecular formula is C15H15ClFN3O4S. The molecule has 2 aromatic rings. The number of sulfonamides is 1. The largest absolute Gasteiger partial charge is 0.495 e. The molecule has 0 aliphatic carbocycles. The average Bonchev–Trinajstić information content (AvgIpc) is 3.06. The van der Waals surface area contributed by atoms with Gasteiger partial charge < -0.3 is 9.47 Å². The van der Waals surface area contributed by atoms with Gasteiger partial charge in [0.2, 0.25) is 10.0 Å². The molecule has 1 aliphatic rings.